The minimum atomic E-state index is -0.274. The number of hydrogen-bond donors (Lipinski definition) is 1. The number of aryl methyl sites for hydroxylation is 1. The van der Waals surface area contributed by atoms with Crippen molar-refractivity contribution in [2.24, 2.45) is 13.0 Å². The highest BCUT2D eigenvalue weighted by Gasteiger charge is 2.29. The first-order chi connectivity index (χ1) is 16.8. The maximum atomic E-state index is 13.6. The summed E-state index contributed by atoms with van der Waals surface area (Å²) in [6, 6.07) is 9.04. The molecule has 1 aliphatic rings. The number of nitrogens with zero attached hydrogens (tertiary/aromatic N) is 3. The van der Waals surface area contributed by atoms with E-state index in [0.29, 0.717) is 36.2 Å². The Morgan fingerprint density at radius 2 is 1.74 bits per heavy atom. The Balaban J connectivity index is 1.80. The Kier molecular flexibility index (Phi) is 9.46. The maximum Gasteiger partial charge on any atom is 0.322 e. The minimum absolute atomic E-state index is 0.0381. The molecule has 0 saturated heterocycles. The molecule has 35 heavy (non-hydrogen) atoms. The van der Waals surface area contributed by atoms with Gasteiger partial charge >= 0.3 is 6.03 Å². The molecule has 0 bridgehead atoms. The Morgan fingerprint density at radius 3 is 2.29 bits per heavy atom. The molecular formula is C27H40N4O4. The summed E-state index contributed by atoms with van der Waals surface area (Å²) in [6.45, 7) is 5.42. The summed E-state index contributed by atoms with van der Waals surface area (Å²) in [6.07, 6.45) is 7.09. The SMILES string of the molecule is COc1cc(NC(=O)N(CC(=O)N(Cc2cccn2C)CC(C)C)C2CCCCC2)cc(OC)c1. The second-order valence-corrected chi connectivity index (χ2v) is 9.73. The predicted molar refractivity (Wildman–Crippen MR) is 138 cm³/mol. The lowest BCUT2D eigenvalue weighted by Crippen LogP contribution is -2.50. The molecule has 3 rings (SSSR count). The average molecular weight is 485 g/mol. The van der Waals surface area contributed by atoms with Crippen LogP contribution in [0.4, 0.5) is 10.5 Å². The van der Waals surface area contributed by atoms with Gasteiger partial charge in [-0.3, -0.25) is 4.79 Å². The van der Waals surface area contributed by atoms with Crippen LogP contribution < -0.4 is 14.8 Å². The number of amides is 3. The molecule has 3 amide bonds. The van der Waals surface area contributed by atoms with Gasteiger partial charge in [0.15, 0.2) is 0 Å². The fraction of sp³-hybridized carbons (Fsp3) is 0.556. The van der Waals surface area contributed by atoms with E-state index in [9.17, 15) is 9.59 Å². The van der Waals surface area contributed by atoms with E-state index in [-0.39, 0.29) is 24.5 Å². The molecule has 0 spiro atoms. The van der Waals surface area contributed by atoms with Crippen LogP contribution in [0, 0.1) is 5.92 Å². The van der Waals surface area contributed by atoms with E-state index in [2.05, 4.69) is 19.2 Å². The summed E-state index contributed by atoms with van der Waals surface area (Å²) in [5.41, 5.74) is 1.64. The quantitative estimate of drug-likeness (QED) is 0.521. The largest absolute Gasteiger partial charge is 0.497 e. The molecule has 0 radical (unpaired) electrons. The number of carbonyl (C=O) groups excluding carboxylic acids is 2. The lowest BCUT2D eigenvalue weighted by atomic mass is 9.94. The van der Waals surface area contributed by atoms with E-state index in [1.165, 1.54) is 6.42 Å². The molecule has 2 aromatic rings. The Bertz CT molecular complexity index is 959. The van der Waals surface area contributed by atoms with Crippen LogP contribution in [0.1, 0.15) is 51.6 Å². The molecule has 1 fully saturated rings. The summed E-state index contributed by atoms with van der Waals surface area (Å²) < 4.78 is 12.7. The zero-order valence-electron chi connectivity index (χ0n) is 21.8. The second kappa shape index (κ2) is 12.5. The number of nitrogens with one attached hydrogen (secondary N) is 1. The van der Waals surface area contributed by atoms with Crippen molar-refractivity contribution in [1.29, 1.82) is 0 Å². The van der Waals surface area contributed by atoms with E-state index in [0.717, 1.165) is 31.4 Å². The molecule has 0 unspecified atom stereocenters. The fourth-order valence-corrected chi connectivity index (χ4v) is 4.63. The molecule has 1 aromatic heterocycles. The number of methoxy groups -OCH3 is 2. The van der Waals surface area contributed by atoms with Crippen LogP contribution in [0.15, 0.2) is 36.5 Å². The monoisotopic (exact) mass is 484 g/mol. The fourth-order valence-electron chi connectivity index (χ4n) is 4.63. The Hall–Kier alpha value is -3.16. The molecule has 8 heteroatoms. The van der Waals surface area contributed by atoms with Crippen molar-refractivity contribution in [1.82, 2.24) is 14.4 Å². The van der Waals surface area contributed by atoms with E-state index >= 15 is 0 Å². The first kappa shape index (κ1) is 26.4. The molecule has 1 aliphatic carbocycles. The number of anilines is 1. The predicted octanol–water partition coefficient (Wildman–Crippen LogP) is 4.89. The van der Waals surface area contributed by atoms with Gasteiger partial charge in [0, 0.05) is 55.4 Å². The molecule has 1 aromatic carbocycles. The number of rotatable bonds is 10. The van der Waals surface area contributed by atoms with Crippen LogP contribution in [0.25, 0.3) is 0 Å². The summed E-state index contributed by atoms with van der Waals surface area (Å²) in [5, 5.41) is 2.98. The molecule has 8 nitrogen and oxygen atoms in total. The molecule has 1 saturated carbocycles. The van der Waals surface area contributed by atoms with Crippen molar-refractivity contribution >= 4 is 17.6 Å². The number of hydrogen-bond acceptors (Lipinski definition) is 4. The van der Waals surface area contributed by atoms with Gasteiger partial charge in [-0.25, -0.2) is 4.79 Å². The zero-order chi connectivity index (χ0) is 25.4. The second-order valence-electron chi connectivity index (χ2n) is 9.73. The van der Waals surface area contributed by atoms with Crippen molar-refractivity contribution < 1.29 is 19.1 Å². The van der Waals surface area contributed by atoms with Crippen LogP contribution in [-0.2, 0) is 18.4 Å². The summed E-state index contributed by atoms with van der Waals surface area (Å²) in [5.74, 6) is 1.46. The third-order valence-electron chi connectivity index (χ3n) is 6.53. The van der Waals surface area contributed by atoms with Gasteiger partial charge in [0.1, 0.15) is 18.0 Å². The average Bonchev–Trinajstić information content (AvgIpc) is 3.25. The van der Waals surface area contributed by atoms with Gasteiger partial charge in [0.2, 0.25) is 5.91 Å². The smallest absolute Gasteiger partial charge is 0.322 e. The third-order valence-corrected chi connectivity index (χ3v) is 6.53. The van der Waals surface area contributed by atoms with E-state index < -0.39 is 0 Å². The van der Waals surface area contributed by atoms with Crippen molar-refractivity contribution in [2.75, 3.05) is 32.6 Å². The van der Waals surface area contributed by atoms with Crippen molar-refractivity contribution in [2.45, 2.75) is 58.5 Å². The normalized spacial score (nSPS) is 14.0. The molecular weight excluding hydrogens is 444 g/mol. The summed E-state index contributed by atoms with van der Waals surface area (Å²) in [7, 11) is 5.13. The molecule has 192 valence electrons. The Morgan fingerprint density at radius 1 is 1.09 bits per heavy atom. The van der Waals surface area contributed by atoms with Gasteiger partial charge in [0.25, 0.3) is 0 Å². The lowest BCUT2D eigenvalue weighted by molar-refractivity contribution is -0.133. The van der Waals surface area contributed by atoms with Gasteiger partial charge in [-0.1, -0.05) is 33.1 Å². The van der Waals surface area contributed by atoms with Crippen LogP contribution in [0.3, 0.4) is 0 Å². The summed E-state index contributed by atoms with van der Waals surface area (Å²) >= 11 is 0. The maximum absolute atomic E-state index is 13.6. The molecule has 1 N–H and O–H groups in total. The first-order valence-corrected chi connectivity index (χ1v) is 12.5. The number of benzene rings is 1. The van der Waals surface area contributed by atoms with Crippen LogP contribution in [0.5, 0.6) is 11.5 Å². The van der Waals surface area contributed by atoms with Gasteiger partial charge < -0.3 is 29.2 Å². The van der Waals surface area contributed by atoms with E-state index in [1.54, 1.807) is 37.3 Å². The lowest BCUT2D eigenvalue weighted by Gasteiger charge is -2.36. The van der Waals surface area contributed by atoms with E-state index in [1.807, 2.05) is 34.8 Å². The van der Waals surface area contributed by atoms with Crippen LogP contribution in [0.2, 0.25) is 0 Å². The zero-order valence-corrected chi connectivity index (χ0v) is 21.8. The molecule has 0 aliphatic heterocycles. The highest BCUT2D eigenvalue weighted by molar-refractivity contribution is 5.93. The van der Waals surface area contributed by atoms with Gasteiger partial charge in [-0.05, 0) is 30.9 Å². The number of aromatic nitrogens is 1. The van der Waals surface area contributed by atoms with Gasteiger partial charge in [0.05, 0.1) is 20.8 Å². The van der Waals surface area contributed by atoms with Crippen molar-refractivity contribution in [3.8, 4) is 11.5 Å². The molecule has 1 heterocycles. The summed E-state index contributed by atoms with van der Waals surface area (Å²) in [4.78, 5) is 30.7. The van der Waals surface area contributed by atoms with Crippen molar-refractivity contribution in [3.05, 3.63) is 42.2 Å². The Labute approximate surface area is 209 Å². The van der Waals surface area contributed by atoms with Crippen molar-refractivity contribution in [3.63, 3.8) is 0 Å². The standard InChI is InChI=1S/C27H40N4O4/c1-20(2)17-30(18-23-12-9-13-29(23)3)26(32)19-31(22-10-7-6-8-11-22)27(33)28-21-14-24(34-4)16-25(15-21)35-5/h9,12-16,20,22H,6-8,10-11,17-19H2,1-5H3,(H,28,33). The van der Waals surface area contributed by atoms with E-state index in [4.69, 9.17) is 9.47 Å². The molecule has 0 atom stereocenters. The first-order valence-electron chi connectivity index (χ1n) is 12.5. The third kappa shape index (κ3) is 7.41. The van der Waals surface area contributed by atoms with Crippen LogP contribution in [-0.4, -0.2) is 59.7 Å². The number of urea groups is 1. The highest BCUT2D eigenvalue weighted by atomic mass is 16.5. The van der Waals surface area contributed by atoms with Crippen LogP contribution >= 0.6 is 0 Å². The topological polar surface area (TPSA) is 76.0 Å². The minimum Gasteiger partial charge on any atom is -0.497 e. The highest BCUT2D eigenvalue weighted by Crippen LogP contribution is 2.28. The number of ether oxygens (including phenoxy) is 2. The van der Waals surface area contributed by atoms with Gasteiger partial charge in [-0.2, -0.15) is 0 Å². The number of carbonyl (C=O) groups is 2. The van der Waals surface area contributed by atoms with Gasteiger partial charge in [-0.15, -0.1) is 0 Å².